The molecule has 9 heteroatoms. The van der Waals surface area contributed by atoms with Gasteiger partial charge in [0.05, 0.1) is 30.2 Å². The second kappa shape index (κ2) is 11.8. The largest absolute Gasteiger partial charge is 0.497 e. The fraction of sp³-hybridized carbons (Fsp3) is 0.182. The highest BCUT2D eigenvalue weighted by atomic mass is 79.9. The van der Waals surface area contributed by atoms with E-state index in [0.29, 0.717) is 4.47 Å². The van der Waals surface area contributed by atoms with Crippen LogP contribution in [0.5, 0.6) is 17.2 Å². The van der Waals surface area contributed by atoms with Crippen molar-refractivity contribution < 1.29 is 24.2 Å². The summed E-state index contributed by atoms with van der Waals surface area (Å²) in [5.41, 5.74) is 7.23. The average Bonchev–Trinajstić information content (AvgIpc) is 2.80. The zero-order valence-corrected chi connectivity index (χ0v) is 18.7. The lowest BCUT2D eigenvalue weighted by Crippen LogP contribution is -2.03. The first-order valence-corrected chi connectivity index (χ1v) is 9.90. The van der Waals surface area contributed by atoms with E-state index in [1.165, 1.54) is 6.07 Å². The standard InChI is InChI=1S/C14H13BrN2O4.C8H10O2/c1-20-10-4-2-9(3-5-10)8-21-14-11(15)6-7-12(16)13(14)17(18)19;1-10-8-4-2-7(6-9)3-5-8/h2-7H,8,16H2,1H3;2-5,9H,6H2,1H3. The van der Waals surface area contributed by atoms with Crippen molar-refractivity contribution in [3.05, 3.63) is 86.4 Å². The van der Waals surface area contributed by atoms with E-state index >= 15 is 0 Å². The van der Waals surface area contributed by atoms with E-state index < -0.39 is 4.92 Å². The third-order valence-electron chi connectivity index (χ3n) is 4.18. The van der Waals surface area contributed by atoms with Crippen molar-refractivity contribution in [2.75, 3.05) is 20.0 Å². The molecule has 0 fully saturated rings. The number of hydrogen-bond donors (Lipinski definition) is 2. The van der Waals surface area contributed by atoms with Gasteiger partial charge in [0.1, 0.15) is 23.8 Å². The number of anilines is 1. The van der Waals surface area contributed by atoms with Gasteiger partial charge in [0.2, 0.25) is 5.75 Å². The Balaban J connectivity index is 0.000000285. The third kappa shape index (κ3) is 6.87. The van der Waals surface area contributed by atoms with Crippen LogP contribution in [0.4, 0.5) is 11.4 Å². The molecule has 0 spiro atoms. The van der Waals surface area contributed by atoms with E-state index in [0.717, 1.165) is 22.6 Å². The number of nitrogens with zero attached hydrogens (tertiary/aromatic N) is 1. The van der Waals surface area contributed by atoms with Gasteiger partial charge in [0.25, 0.3) is 0 Å². The van der Waals surface area contributed by atoms with Gasteiger partial charge in [-0.3, -0.25) is 10.1 Å². The van der Waals surface area contributed by atoms with Crippen LogP contribution in [-0.2, 0) is 13.2 Å². The van der Waals surface area contributed by atoms with Crippen LogP contribution in [0.25, 0.3) is 0 Å². The van der Waals surface area contributed by atoms with E-state index in [-0.39, 0.29) is 30.3 Å². The van der Waals surface area contributed by atoms with Crippen LogP contribution >= 0.6 is 15.9 Å². The molecule has 8 nitrogen and oxygen atoms in total. The number of ether oxygens (including phenoxy) is 3. The van der Waals surface area contributed by atoms with Gasteiger partial charge in [-0.05, 0) is 63.5 Å². The number of aliphatic hydroxyl groups excluding tert-OH is 1. The van der Waals surface area contributed by atoms with Crippen molar-refractivity contribution in [1.29, 1.82) is 0 Å². The summed E-state index contributed by atoms with van der Waals surface area (Å²) in [6, 6.07) is 17.6. The van der Waals surface area contributed by atoms with Gasteiger partial charge in [0, 0.05) is 0 Å². The molecule has 0 aromatic heterocycles. The number of nitro groups is 1. The van der Waals surface area contributed by atoms with E-state index in [4.69, 9.17) is 25.1 Å². The number of hydrogen-bond acceptors (Lipinski definition) is 7. The number of methoxy groups -OCH3 is 2. The second-order valence-electron chi connectivity index (χ2n) is 6.21. The highest BCUT2D eigenvalue weighted by Gasteiger charge is 2.22. The Hall–Kier alpha value is -3.30. The van der Waals surface area contributed by atoms with Crippen LogP contribution in [0, 0.1) is 10.1 Å². The van der Waals surface area contributed by atoms with E-state index in [1.807, 2.05) is 36.4 Å². The Bertz CT molecular complexity index is 971. The number of benzene rings is 3. The van der Waals surface area contributed by atoms with Gasteiger partial charge in [0.15, 0.2) is 0 Å². The normalized spacial score (nSPS) is 9.94. The van der Waals surface area contributed by atoms with Crippen LogP contribution < -0.4 is 19.9 Å². The van der Waals surface area contributed by atoms with E-state index in [2.05, 4.69) is 15.9 Å². The maximum atomic E-state index is 11.1. The van der Waals surface area contributed by atoms with Crippen molar-refractivity contribution >= 4 is 27.3 Å². The summed E-state index contributed by atoms with van der Waals surface area (Å²) < 4.78 is 16.0. The number of nitrogen functional groups attached to an aromatic ring is 1. The molecule has 164 valence electrons. The van der Waals surface area contributed by atoms with E-state index in [9.17, 15) is 10.1 Å². The second-order valence-corrected chi connectivity index (χ2v) is 7.07. The predicted molar refractivity (Wildman–Crippen MR) is 121 cm³/mol. The highest BCUT2D eigenvalue weighted by molar-refractivity contribution is 9.10. The molecule has 3 N–H and O–H groups in total. The van der Waals surface area contributed by atoms with Gasteiger partial charge in [-0.15, -0.1) is 0 Å². The van der Waals surface area contributed by atoms with Crippen molar-refractivity contribution in [2.45, 2.75) is 13.2 Å². The lowest BCUT2D eigenvalue weighted by Gasteiger charge is -2.10. The third-order valence-corrected chi connectivity index (χ3v) is 4.81. The van der Waals surface area contributed by atoms with Gasteiger partial charge < -0.3 is 25.1 Å². The smallest absolute Gasteiger partial charge is 0.334 e. The Morgan fingerprint density at radius 2 is 1.45 bits per heavy atom. The van der Waals surface area contributed by atoms with Crippen LogP contribution in [0.1, 0.15) is 11.1 Å². The minimum absolute atomic E-state index is 0.0629. The van der Waals surface area contributed by atoms with Crippen LogP contribution in [0.15, 0.2) is 65.1 Å². The number of nitro benzene ring substituents is 1. The SMILES string of the molecule is COc1ccc(CO)cc1.COc1ccc(COc2c(Br)ccc(N)c2[N+](=O)[O-])cc1. The maximum absolute atomic E-state index is 11.1. The molecule has 0 aliphatic rings. The van der Waals surface area contributed by atoms with Gasteiger partial charge >= 0.3 is 5.69 Å². The quantitative estimate of drug-likeness (QED) is 0.279. The molecule has 3 aromatic rings. The monoisotopic (exact) mass is 490 g/mol. The number of aliphatic hydroxyl groups is 1. The van der Waals surface area contributed by atoms with Crippen molar-refractivity contribution in [3.63, 3.8) is 0 Å². The van der Waals surface area contributed by atoms with Gasteiger partial charge in [-0.1, -0.05) is 24.3 Å². The minimum atomic E-state index is -0.552. The maximum Gasteiger partial charge on any atom is 0.334 e. The van der Waals surface area contributed by atoms with Crippen molar-refractivity contribution in [1.82, 2.24) is 0 Å². The Labute approximate surface area is 188 Å². The molecule has 0 bridgehead atoms. The molecule has 3 aromatic carbocycles. The zero-order chi connectivity index (χ0) is 22.8. The predicted octanol–water partition coefficient (Wildman–Crippen LogP) is 4.71. The fourth-order valence-corrected chi connectivity index (χ4v) is 2.93. The lowest BCUT2D eigenvalue weighted by molar-refractivity contribution is -0.385. The van der Waals surface area contributed by atoms with Gasteiger partial charge in [-0.2, -0.15) is 0 Å². The summed E-state index contributed by atoms with van der Waals surface area (Å²) in [7, 11) is 3.20. The summed E-state index contributed by atoms with van der Waals surface area (Å²) in [6.45, 7) is 0.275. The topological polar surface area (TPSA) is 117 Å². The lowest BCUT2D eigenvalue weighted by atomic mass is 10.2. The zero-order valence-electron chi connectivity index (χ0n) is 17.1. The molecule has 0 aliphatic heterocycles. The molecule has 0 amide bonds. The summed E-state index contributed by atoms with van der Waals surface area (Å²) in [6.07, 6.45) is 0. The van der Waals surface area contributed by atoms with Crippen molar-refractivity contribution in [3.8, 4) is 17.2 Å². The number of nitrogens with two attached hydrogens (primary N) is 1. The number of rotatable bonds is 7. The molecule has 0 saturated carbocycles. The Morgan fingerprint density at radius 3 is 1.90 bits per heavy atom. The Kier molecular flexibility index (Phi) is 9.11. The van der Waals surface area contributed by atoms with Crippen LogP contribution in [0.2, 0.25) is 0 Å². The highest BCUT2D eigenvalue weighted by Crippen LogP contribution is 2.39. The first-order valence-electron chi connectivity index (χ1n) is 9.11. The number of halogens is 1. The van der Waals surface area contributed by atoms with Crippen molar-refractivity contribution in [2.24, 2.45) is 0 Å². The van der Waals surface area contributed by atoms with Crippen LogP contribution in [0.3, 0.4) is 0 Å². The summed E-state index contributed by atoms with van der Waals surface area (Å²) in [5, 5.41) is 19.8. The van der Waals surface area contributed by atoms with E-state index in [1.54, 1.807) is 32.4 Å². The molecular weight excluding hydrogens is 468 g/mol. The molecule has 0 unspecified atom stereocenters. The first-order chi connectivity index (χ1) is 14.9. The summed E-state index contributed by atoms with van der Waals surface area (Å²) in [5.74, 6) is 1.67. The molecule has 0 aliphatic carbocycles. The molecule has 31 heavy (non-hydrogen) atoms. The average molecular weight is 491 g/mol. The summed E-state index contributed by atoms with van der Waals surface area (Å²) >= 11 is 3.24. The Morgan fingerprint density at radius 1 is 0.935 bits per heavy atom. The van der Waals surface area contributed by atoms with Crippen LogP contribution in [-0.4, -0.2) is 24.2 Å². The molecule has 0 atom stereocenters. The molecule has 0 heterocycles. The summed E-state index contributed by atoms with van der Waals surface area (Å²) in [4.78, 5) is 10.5. The molecular formula is C22H23BrN2O6. The fourth-order valence-electron chi connectivity index (χ4n) is 2.50. The van der Waals surface area contributed by atoms with Gasteiger partial charge in [-0.25, -0.2) is 0 Å². The molecule has 0 radical (unpaired) electrons. The molecule has 3 rings (SSSR count). The molecule has 0 saturated heterocycles. The minimum Gasteiger partial charge on any atom is -0.497 e. The first kappa shape index (κ1) is 24.0.